The van der Waals surface area contributed by atoms with Crippen molar-refractivity contribution in [3.05, 3.63) is 52.6 Å². The molecule has 4 heterocycles. The van der Waals surface area contributed by atoms with Gasteiger partial charge in [0.05, 0.1) is 34.4 Å². The summed E-state index contributed by atoms with van der Waals surface area (Å²) in [6, 6.07) is 6.34. The van der Waals surface area contributed by atoms with Crippen LogP contribution in [0.2, 0.25) is 0 Å². The summed E-state index contributed by atoms with van der Waals surface area (Å²) < 4.78 is 21.3. The van der Waals surface area contributed by atoms with Crippen molar-refractivity contribution < 1.29 is 13.9 Å². The number of hydrogen-bond donors (Lipinski definition) is 2. The van der Waals surface area contributed by atoms with Crippen molar-refractivity contribution in [3.63, 3.8) is 0 Å². The Balaban J connectivity index is 1.52. The molecule has 0 aliphatic carbocycles. The number of anilines is 1. The van der Waals surface area contributed by atoms with Crippen molar-refractivity contribution in [1.29, 1.82) is 0 Å². The van der Waals surface area contributed by atoms with Crippen LogP contribution < -0.4 is 11.1 Å². The lowest BCUT2D eigenvalue weighted by Gasteiger charge is -2.28. The number of hydrogen-bond acceptors (Lipinski definition) is 7. The fourth-order valence-corrected chi connectivity index (χ4v) is 4.39. The molecule has 0 saturated carbocycles. The zero-order valence-electron chi connectivity index (χ0n) is 17.0. The molecule has 32 heavy (non-hydrogen) atoms. The van der Waals surface area contributed by atoms with Crippen LogP contribution in [0.3, 0.4) is 0 Å². The smallest absolute Gasteiger partial charge is 0.165 e. The van der Waals surface area contributed by atoms with Gasteiger partial charge in [0.15, 0.2) is 5.65 Å². The minimum atomic E-state index is -0.322. The number of carbonyl (C=O) groups is 1. The first kappa shape index (κ1) is 20.9. The molecule has 3 N–H and O–H groups in total. The molecular formula is C22H20BrFN6O2. The molecule has 2 atom stereocenters. The number of aromatic nitrogens is 4. The summed E-state index contributed by atoms with van der Waals surface area (Å²) in [5.74, 6) is -0.104. The SMILES string of the molecule is Nc1c(Br)c(CNC2CCOCC2C=O)nc2c(-c3cnc4ccc(F)cc4c3)cnn12. The molecule has 0 spiro atoms. The van der Waals surface area contributed by atoms with Crippen molar-refractivity contribution in [2.75, 3.05) is 18.9 Å². The van der Waals surface area contributed by atoms with Crippen LogP contribution in [-0.4, -0.2) is 45.1 Å². The average molecular weight is 499 g/mol. The molecule has 1 saturated heterocycles. The summed E-state index contributed by atoms with van der Waals surface area (Å²) in [5, 5.41) is 8.48. The molecule has 4 aromatic rings. The van der Waals surface area contributed by atoms with Gasteiger partial charge in [0, 0.05) is 41.9 Å². The number of fused-ring (bicyclic) bond motifs is 2. The molecule has 2 unspecified atom stereocenters. The van der Waals surface area contributed by atoms with Gasteiger partial charge in [-0.3, -0.25) is 4.98 Å². The largest absolute Gasteiger partial charge is 0.383 e. The molecule has 0 radical (unpaired) electrons. The normalized spacial score (nSPS) is 18.9. The van der Waals surface area contributed by atoms with E-state index in [0.717, 1.165) is 23.8 Å². The molecule has 0 bridgehead atoms. The second kappa shape index (κ2) is 8.53. The predicted octanol–water partition coefficient (Wildman–Crippen LogP) is 3.12. The van der Waals surface area contributed by atoms with E-state index < -0.39 is 0 Å². The monoisotopic (exact) mass is 498 g/mol. The highest BCUT2D eigenvalue weighted by Crippen LogP contribution is 2.31. The molecule has 164 valence electrons. The van der Waals surface area contributed by atoms with Gasteiger partial charge in [-0.05, 0) is 46.6 Å². The molecule has 1 aliphatic rings. The minimum absolute atomic E-state index is 0.0105. The Bertz CT molecular complexity index is 1330. The summed E-state index contributed by atoms with van der Waals surface area (Å²) in [6.07, 6.45) is 5.06. The van der Waals surface area contributed by atoms with E-state index in [1.54, 1.807) is 23.0 Å². The lowest BCUT2D eigenvalue weighted by molar-refractivity contribution is -0.116. The van der Waals surface area contributed by atoms with Crippen molar-refractivity contribution >= 4 is 44.6 Å². The van der Waals surface area contributed by atoms with Crippen molar-refractivity contribution in [2.24, 2.45) is 5.92 Å². The Morgan fingerprint density at radius 2 is 2.22 bits per heavy atom. The third-order valence-electron chi connectivity index (χ3n) is 5.75. The molecule has 0 amide bonds. The van der Waals surface area contributed by atoms with Gasteiger partial charge in [-0.15, -0.1) is 0 Å². The second-order valence-electron chi connectivity index (χ2n) is 7.76. The summed E-state index contributed by atoms with van der Waals surface area (Å²) in [4.78, 5) is 20.6. The number of aldehydes is 1. The van der Waals surface area contributed by atoms with Crippen molar-refractivity contribution in [2.45, 2.75) is 19.0 Å². The molecule has 10 heteroatoms. The fraction of sp³-hybridized carbons (Fsp3) is 0.273. The number of nitrogen functional groups attached to an aromatic ring is 1. The molecule has 1 aromatic carbocycles. The first-order valence-corrected chi connectivity index (χ1v) is 11.0. The van der Waals surface area contributed by atoms with Gasteiger partial charge in [0.25, 0.3) is 0 Å². The van der Waals surface area contributed by atoms with E-state index in [1.807, 2.05) is 6.07 Å². The Hall–Kier alpha value is -2.95. The third kappa shape index (κ3) is 3.74. The van der Waals surface area contributed by atoms with E-state index in [1.165, 1.54) is 12.1 Å². The van der Waals surface area contributed by atoms with Gasteiger partial charge in [-0.25, -0.2) is 9.37 Å². The number of nitrogens with one attached hydrogen (secondary N) is 1. The standard InChI is InChI=1S/C22H20BrFN6O2/c23-20-19(9-27-18-3-4-32-11-14(18)10-31)29-22-16(8-28-30(22)21(20)25)13-5-12-6-15(24)1-2-17(12)26-7-13/h1-2,5-8,10,14,18,27H,3-4,9,11,25H2. The van der Waals surface area contributed by atoms with Crippen LogP contribution in [0.4, 0.5) is 10.2 Å². The first-order valence-electron chi connectivity index (χ1n) is 10.2. The molecule has 3 aromatic heterocycles. The Morgan fingerprint density at radius 1 is 1.34 bits per heavy atom. The summed E-state index contributed by atoms with van der Waals surface area (Å²) in [7, 11) is 0. The highest BCUT2D eigenvalue weighted by molar-refractivity contribution is 9.10. The van der Waals surface area contributed by atoms with E-state index in [2.05, 4.69) is 31.3 Å². The van der Waals surface area contributed by atoms with E-state index >= 15 is 0 Å². The van der Waals surface area contributed by atoms with Crippen molar-refractivity contribution in [1.82, 2.24) is 24.9 Å². The fourth-order valence-electron chi connectivity index (χ4n) is 3.99. The highest BCUT2D eigenvalue weighted by Gasteiger charge is 2.25. The molecule has 8 nitrogen and oxygen atoms in total. The van der Waals surface area contributed by atoms with Crippen LogP contribution in [0.25, 0.3) is 27.7 Å². The maximum Gasteiger partial charge on any atom is 0.165 e. The zero-order chi connectivity index (χ0) is 22.2. The van der Waals surface area contributed by atoms with Crippen LogP contribution in [0.15, 0.2) is 41.1 Å². The quantitative estimate of drug-likeness (QED) is 0.407. The van der Waals surface area contributed by atoms with E-state index in [4.69, 9.17) is 15.5 Å². The number of rotatable bonds is 5. The second-order valence-corrected chi connectivity index (χ2v) is 8.56. The van der Waals surface area contributed by atoms with Crippen molar-refractivity contribution in [3.8, 4) is 11.1 Å². The molecule has 1 aliphatic heterocycles. The third-order valence-corrected chi connectivity index (χ3v) is 6.62. The topological polar surface area (TPSA) is 107 Å². The maximum absolute atomic E-state index is 13.7. The highest BCUT2D eigenvalue weighted by atomic mass is 79.9. The van der Waals surface area contributed by atoms with E-state index in [9.17, 15) is 9.18 Å². The lowest BCUT2D eigenvalue weighted by Crippen LogP contribution is -2.43. The predicted molar refractivity (Wildman–Crippen MR) is 121 cm³/mol. The van der Waals surface area contributed by atoms with Crippen LogP contribution in [0, 0.1) is 11.7 Å². The molecule has 1 fully saturated rings. The number of nitrogens with two attached hydrogens (primary N) is 1. The number of nitrogens with zero attached hydrogens (tertiary/aromatic N) is 4. The van der Waals surface area contributed by atoms with Gasteiger partial charge < -0.3 is 20.6 Å². The van der Waals surface area contributed by atoms with Crippen LogP contribution in [-0.2, 0) is 16.1 Å². The van der Waals surface area contributed by atoms with Gasteiger partial charge in [0.1, 0.15) is 17.9 Å². The number of pyridine rings is 1. The number of carbonyl (C=O) groups excluding carboxylic acids is 1. The van der Waals surface area contributed by atoms with Gasteiger partial charge in [-0.1, -0.05) is 0 Å². The summed E-state index contributed by atoms with van der Waals surface area (Å²) in [6.45, 7) is 1.45. The number of benzene rings is 1. The van der Waals surface area contributed by atoms with Crippen LogP contribution >= 0.6 is 15.9 Å². The Kier molecular flexibility index (Phi) is 5.58. The Labute approximate surface area is 191 Å². The van der Waals surface area contributed by atoms with Gasteiger partial charge in [-0.2, -0.15) is 9.61 Å². The van der Waals surface area contributed by atoms with Crippen LogP contribution in [0.1, 0.15) is 12.1 Å². The zero-order valence-corrected chi connectivity index (χ0v) is 18.5. The van der Waals surface area contributed by atoms with Gasteiger partial charge in [0.2, 0.25) is 0 Å². The summed E-state index contributed by atoms with van der Waals surface area (Å²) >= 11 is 3.53. The Morgan fingerprint density at radius 3 is 3.06 bits per heavy atom. The molecule has 5 rings (SSSR count). The number of ether oxygens (including phenoxy) is 1. The average Bonchev–Trinajstić information content (AvgIpc) is 3.24. The van der Waals surface area contributed by atoms with E-state index in [0.29, 0.717) is 52.3 Å². The summed E-state index contributed by atoms with van der Waals surface area (Å²) in [5.41, 5.74) is 9.80. The minimum Gasteiger partial charge on any atom is -0.383 e. The molecular weight excluding hydrogens is 479 g/mol. The maximum atomic E-state index is 13.7. The lowest BCUT2D eigenvalue weighted by atomic mass is 9.97. The van der Waals surface area contributed by atoms with Gasteiger partial charge >= 0.3 is 0 Å². The number of halogens is 2. The first-order chi connectivity index (χ1) is 15.5. The van der Waals surface area contributed by atoms with Crippen LogP contribution in [0.5, 0.6) is 0 Å². The van der Waals surface area contributed by atoms with E-state index in [-0.39, 0.29) is 17.8 Å².